The molecule has 6 nitrogen and oxygen atoms in total. The van der Waals surface area contributed by atoms with Crippen LogP contribution in [-0.2, 0) is 4.79 Å². The molecule has 0 aromatic heterocycles. The van der Waals surface area contributed by atoms with E-state index in [0.29, 0.717) is 11.5 Å². The Kier molecular flexibility index (Phi) is 7.04. The van der Waals surface area contributed by atoms with E-state index < -0.39 is 18.5 Å². The highest BCUT2D eigenvalue weighted by Gasteiger charge is 2.35. The summed E-state index contributed by atoms with van der Waals surface area (Å²) in [6.07, 6.45) is -6.01. The van der Waals surface area contributed by atoms with Gasteiger partial charge in [0.15, 0.2) is 0 Å². The third kappa shape index (κ3) is 6.37. The van der Waals surface area contributed by atoms with Crippen molar-refractivity contribution in [1.82, 2.24) is 15.1 Å². The van der Waals surface area contributed by atoms with Crippen molar-refractivity contribution in [3.63, 3.8) is 0 Å². The molecule has 1 heterocycles. The summed E-state index contributed by atoms with van der Waals surface area (Å²) < 4.78 is 43.2. The molecule has 1 aliphatic rings. The van der Waals surface area contributed by atoms with E-state index in [9.17, 15) is 22.8 Å². The molecule has 31 heavy (non-hydrogen) atoms. The van der Waals surface area contributed by atoms with Gasteiger partial charge in [0, 0.05) is 31.7 Å². The summed E-state index contributed by atoms with van der Waals surface area (Å²) in [5, 5.41) is 2.90. The highest BCUT2D eigenvalue weighted by atomic mass is 19.4. The van der Waals surface area contributed by atoms with Gasteiger partial charge in [-0.3, -0.25) is 4.79 Å². The number of hydrogen-bond donors (Lipinski definition) is 1. The van der Waals surface area contributed by atoms with Crippen LogP contribution < -0.4 is 10.1 Å². The standard InChI is InChI=1S/C22H24F3N3O3/c1-16(18-9-5-6-10-19(18)31-17-7-3-2-4-8-17)26-21(30)28-13-11-27(12-14-28)20(29)15-22(23,24)25/h2-10,16H,11-15H2,1H3,(H,26,30). The number of piperazine rings is 1. The van der Waals surface area contributed by atoms with Crippen LogP contribution in [0.4, 0.5) is 18.0 Å². The number of benzene rings is 2. The zero-order chi connectivity index (χ0) is 22.4. The van der Waals surface area contributed by atoms with Crippen molar-refractivity contribution < 1.29 is 27.5 Å². The number of nitrogens with one attached hydrogen (secondary N) is 1. The Morgan fingerprint density at radius 2 is 1.55 bits per heavy atom. The Labute approximate surface area is 178 Å². The van der Waals surface area contributed by atoms with Crippen molar-refractivity contribution in [2.45, 2.75) is 25.6 Å². The lowest BCUT2D eigenvalue weighted by Gasteiger charge is -2.35. The largest absolute Gasteiger partial charge is 0.457 e. The summed E-state index contributed by atoms with van der Waals surface area (Å²) in [5.41, 5.74) is 0.790. The molecular formula is C22H24F3N3O3. The lowest BCUT2D eigenvalue weighted by atomic mass is 10.1. The summed E-state index contributed by atoms with van der Waals surface area (Å²) >= 11 is 0. The van der Waals surface area contributed by atoms with Crippen LogP contribution in [0.15, 0.2) is 54.6 Å². The van der Waals surface area contributed by atoms with Gasteiger partial charge < -0.3 is 19.9 Å². The second-order valence-electron chi connectivity index (χ2n) is 7.28. The fourth-order valence-corrected chi connectivity index (χ4v) is 3.34. The van der Waals surface area contributed by atoms with Gasteiger partial charge in [-0.2, -0.15) is 13.2 Å². The molecule has 1 N–H and O–H groups in total. The van der Waals surface area contributed by atoms with Crippen molar-refractivity contribution in [3.8, 4) is 11.5 Å². The van der Waals surface area contributed by atoms with Gasteiger partial charge in [0.1, 0.15) is 17.9 Å². The van der Waals surface area contributed by atoms with E-state index in [2.05, 4.69) is 5.32 Å². The van der Waals surface area contributed by atoms with Crippen LogP contribution in [0.1, 0.15) is 24.9 Å². The van der Waals surface area contributed by atoms with Crippen LogP contribution >= 0.6 is 0 Å². The molecule has 0 radical (unpaired) electrons. The zero-order valence-electron chi connectivity index (χ0n) is 17.1. The first-order valence-corrected chi connectivity index (χ1v) is 9.95. The summed E-state index contributed by atoms with van der Waals surface area (Å²) in [7, 11) is 0. The predicted molar refractivity (Wildman–Crippen MR) is 109 cm³/mol. The first-order valence-electron chi connectivity index (χ1n) is 9.95. The lowest BCUT2D eigenvalue weighted by molar-refractivity contribution is -0.162. The molecule has 1 aliphatic heterocycles. The zero-order valence-corrected chi connectivity index (χ0v) is 17.1. The first kappa shape index (κ1) is 22.5. The summed E-state index contributed by atoms with van der Waals surface area (Å²) in [5.74, 6) is 0.324. The van der Waals surface area contributed by atoms with E-state index in [1.54, 1.807) is 0 Å². The van der Waals surface area contributed by atoms with Crippen molar-refractivity contribution in [1.29, 1.82) is 0 Å². The molecule has 3 amide bonds. The Morgan fingerprint density at radius 1 is 0.968 bits per heavy atom. The van der Waals surface area contributed by atoms with E-state index >= 15 is 0 Å². The Hall–Kier alpha value is -3.23. The molecule has 1 unspecified atom stereocenters. The van der Waals surface area contributed by atoms with Gasteiger partial charge in [-0.05, 0) is 25.1 Å². The number of urea groups is 1. The molecule has 1 atom stereocenters. The fraction of sp³-hybridized carbons (Fsp3) is 0.364. The number of carbonyl (C=O) groups excluding carboxylic acids is 2. The summed E-state index contributed by atoms with van der Waals surface area (Å²) in [4.78, 5) is 27.0. The molecule has 2 aromatic carbocycles. The summed E-state index contributed by atoms with van der Waals surface area (Å²) in [6, 6.07) is 15.9. The van der Waals surface area contributed by atoms with Gasteiger partial charge >= 0.3 is 12.2 Å². The van der Waals surface area contributed by atoms with Crippen molar-refractivity contribution in [2.75, 3.05) is 26.2 Å². The molecular weight excluding hydrogens is 411 g/mol. The number of nitrogens with zero attached hydrogens (tertiary/aromatic N) is 2. The van der Waals surface area contributed by atoms with Crippen LogP contribution in [0.5, 0.6) is 11.5 Å². The SMILES string of the molecule is CC(NC(=O)N1CCN(C(=O)CC(F)(F)F)CC1)c1ccccc1Oc1ccccc1. The van der Waals surface area contributed by atoms with E-state index in [1.807, 2.05) is 61.5 Å². The van der Waals surface area contributed by atoms with Crippen LogP contribution in [-0.4, -0.2) is 54.1 Å². The monoisotopic (exact) mass is 435 g/mol. The molecule has 0 saturated carbocycles. The number of para-hydroxylation sites is 2. The maximum absolute atomic E-state index is 12.6. The van der Waals surface area contributed by atoms with Gasteiger partial charge in [0.2, 0.25) is 5.91 Å². The normalized spacial score (nSPS) is 15.4. The number of rotatable bonds is 5. The first-order chi connectivity index (χ1) is 14.7. The highest BCUT2D eigenvalue weighted by molar-refractivity contribution is 5.78. The van der Waals surface area contributed by atoms with Crippen molar-refractivity contribution in [2.24, 2.45) is 0 Å². The molecule has 0 spiro atoms. The molecule has 2 aromatic rings. The minimum Gasteiger partial charge on any atom is -0.457 e. The minimum atomic E-state index is -4.53. The molecule has 1 saturated heterocycles. The number of amides is 3. The predicted octanol–water partition coefficient (Wildman–Crippen LogP) is 4.35. The quantitative estimate of drug-likeness (QED) is 0.760. The third-order valence-electron chi connectivity index (χ3n) is 4.97. The number of hydrogen-bond acceptors (Lipinski definition) is 3. The van der Waals surface area contributed by atoms with Crippen molar-refractivity contribution >= 4 is 11.9 Å². The van der Waals surface area contributed by atoms with Crippen LogP contribution in [0.3, 0.4) is 0 Å². The number of carbonyl (C=O) groups is 2. The average molecular weight is 435 g/mol. The van der Waals surface area contributed by atoms with Crippen LogP contribution in [0.25, 0.3) is 0 Å². The average Bonchev–Trinajstić information content (AvgIpc) is 2.73. The lowest BCUT2D eigenvalue weighted by Crippen LogP contribution is -2.53. The Morgan fingerprint density at radius 3 is 2.19 bits per heavy atom. The maximum atomic E-state index is 12.6. The second kappa shape index (κ2) is 9.72. The van der Waals surface area contributed by atoms with Crippen molar-refractivity contribution in [3.05, 3.63) is 60.2 Å². The van der Waals surface area contributed by atoms with Gasteiger partial charge in [-0.25, -0.2) is 4.79 Å². The topological polar surface area (TPSA) is 61.9 Å². The summed E-state index contributed by atoms with van der Waals surface area (Å²) in [6.45, 7) is 2.32. The number of halogens is 3. The molecule has 9 heteroatoms. The van der Waals surface area contributed by atoms with E-state index in [0.717, 1.165) is 10.5 Å². The molecule has 166 valence electrons. The van der Waals surface area contributed by atoms with Gasteiger partial charge in [0.25, 0.3) is 0 Å². The van der Waals surface area contributed by atoms with Crippen LogP contribution in [0.2, 0.25) is 0 Å². The Bertz CT molecular complexity index is 898. The van der Waals surface area contributed by atoms with Crippen LogP contribution in [0, 0.1) is 0 Å². The highest BCUT2D eigenvalue weighted by Crippen LogP contribution is 2.29. The van der Waals surface area contributed by atoms with Gasteiger partial charge in [-0.1, -0.05) is 36.4 Å². The van der Waals surface area contributed by atoms with E-state index in [1.165, 1.54) is 4.90 Å². The molecule has 3 rings (SSSR count). The Balaban J connectivity index is 1.56. The molecule has 1 fully saturated rings. The number of ether oxygens (including phenoxy) is 1. The smallest absolute Gasteiger partial charge is 0.397 e. The maximum Gasteiger partial charge on any atom is 0.397 e. The minimum absolute atomic E-state index is 0.0738. The third-order valence-corrected chi connectivity index (χ3v) is 4.97. The van der Waals surface area contributed by atoms with Gasteiger partial charge in [0.05, 0.1) is 6.04 Å². The fourth-order valence-electron chi connectivity index (χ4n) is 3.34. The molecule has 0 bridgehead atoms. The van der Waals surface area contributed by atoms with Gasteiger partial charge in [-0.15, -0.1) is 0 Å². The molecule has 0 aliphatic carbocycles. The number of alkyl halides is 3. The second-order valence-corrected chi connectivity index (χ2v) is 7.28. The van der Waals surface area contributed by atoms with E-state index in [4.69, 9.17) is 4.74 Å². The van der Waals surface area contributed by atoms with E-state index in [-0.39, 0.29) is 38.3 Å².